The van der Waals surface area contributed by atoms with E-state index in [2.05, 4.69) is 25.7 Å². The lowest BCUT2D eigenvalue weighted by Crippen LogP contribution is -2.43. The Morgan fingerprint density at radius 1 is 1.07 bits per heavy atom. The maximum Gasteiger partial charge on any atom is 0.316 e. The number of hydrogen-bond donors (Lipinski definition) is 1. The largest absolute Gasteiger partial charge is 0.460 e. The summed E-state index contributed by atoms with van der Waals surface area (Å²) in [5.41, 5.74) is 3.92. The molecule has 2 unspecified atom stereocenters. The van der Waals surface area contributed by atoms with E-state index < -0.39 is 5.92 Å². The molecule has 0 bridgehead atoms. The summed E-state index contributed by atoms with van der Waals surface area (Å²) in [5.74, 6) is -1.31. The molecule has 0 radical (unpaired) electrons. The van der Waals surface area contributed by atoms with Crippen LogP contribution >= 0.6 is 0 Å². The Morgan fingerprint density at radius 3 is 2.37 bits per heavy atom. The Balaban J connectivity index is 1.70. The second-order valence-corrected chi connectivity index (χ2v) is 8.94. The van der Waals surface area contributed by atoms with Crippen molar-refractivity contribution >= 4 is 11.8 Å². The number of nitrogens with one attached hydrogen (secondary N) is 1. The van der Waals surface area contributed by atoms with Crippen molar-refractivity contribution in [3.63, 3.8) is 0 Å². The number of rotatable bonds is 4. The first-order valence-corrected chi connectivity index (χ1v) is 10.3. The van der Waals surface area contributed by atoms with Gasteiger partial charge in [0.25, 0.3) is 0 Å². The smallest absolute Gasteiger partial charge is 0.316 e. The Labute approximate surface area is 177 Å². The summed E-state index contributed by atoms with van der Waals surface area (Å²) in [7, 11) is 0. The predicted molar refractivity (Wildman–Crippen MR) is 116 cm³/mol. The van der Waals surface area contributed by atoms with E-state index >= 15 is 0 Å². The first-order chi connectivity index (χ1) is 14.4. The quantitative estimate of drug-likeness (QED) is 0.741. The van der Waals surface area contributed by atoms with Crippen molar-refractivity contribution in [2.75, 3.05) is 0 Å². The molecular formula is C26H27NO3. The molecule has 0 fully saturated rings. The lowest BCUT2D eigenvalue weighted by atomic mass is 9.66. The van der Waals surface area contributed by atoms with E-state index in [-0.39, 0.29) is 29.7 Å². The van der Waals surface area contributed by atoms with Crippen molar-refractivity contribution in [3.05, 3.63) is 95.3 Å². The van der Waals surface area contributed by atoms with Gasteiger partial charge in [-0.15, -0.1) is 0 Å². The van der Waals surface area contributed by atoms with Gasteiger partial charge in [-0.25, -0.2) is 0 Å². The van der Waals surface area contributed by atoms with Crippen LogP contribution in [0.2, 0.25) is 0 Å². The zero-order valence-corrected chi connectivity index (χ0v) is 17.5. The van der Waals surface area contributed by atoms with Gasteiger partial charge in [0.1, 0.15) is 12.5 Å². The van der Waals surface area contributed by atoms with Crippen LogP contribution in [-0.2, 0) is 20.9 Å². The van der Waals surface area contributed by atoms with Crippen LogP contribution in [0.25, 0.3) is 0 Å². The third kappa shape index (κ3) is 3.95. The highest BCUT2D eigenvalue weighted by molar-refractivity contribution is 6.00. The van der Waals surface area contributed by atoms with Crippen molar-refractivity contribution in [1.82, 2.24) is 5.32 Å². The average Bonchev–Trinajstić information content (AvgIpc) is 2.71. The summed E-state index contributed by atoms with van der Waals surface area (Å²) < 4.78 is 5.67. The van der Waals surface area contributed by atoms with Crippen LogP contribution in [0.4, 0.5) is 0 Å². The van der Waals surface area contributed by atoms with Gasteiger partial charge in [-0.2, -0.15) is 0 Å². The van der Waals surface area contributed by atoms with Crippen LogP contribution in [0.3, 0.4) is 0 Å². The molecule has 1 heterocycles. The van der Waals surface area contributed by atoms with Crippen LogP contribution in [0.1, 0.15) is 43.7 Å². The van der Waals surface area contributed by atoms with E-state index in [1.807, 2.05) is 60.7 Å². The van der Waals surface area contributed by atoms with E-state index in [9.17, 15) is 9.59 Å². The molecule has 30 heavy (non-hydrogen) atoms. The molecule has 4 heteroatoms. The van der Waals surface area contributed by atoms with Gasteiger partial charge in [-0.3, -0.25) is 9.59 Å². The molecule has 1 aliphatic carbocycles. The van der Waals surface area contributed by atoms with E-state index in [4.69, 9.17) is 4.74 Å². The highest BCUT2D eigenvalue weighted by atomic mass is 16.5. The molecule has 0 saturated carbocycles. The molecule has 4 nitrogen and oxygen atoms in total. The standard InChI is InChI=1S/C26H27NO3/c1-17-22(25(29)30-16-18-10-6-4-7-11-18)23(19-12-8-5-9-13-19)24-20(27-17)14-26(2,3)15-21(24)28/h4-13,22-23,27H,1,14-16H2,2-3H3. The second-order valence-electron chi connectivity index (χ2n) is 8.94. The average molecular weight is 402 g/mol. The number of ether oxygens (including phenoxy) is 1. The Morgan fingerprint density at radius 2 is 1.70 bits per heavy atom. The fourth-order valence-electron chi connectivity index (χ4n) is 4.56. The van der Waals surface area contributed by atoms with E-state index in [0.717, 1.165) is 23.2 Å². The highest BCUT2D eigenvalue weighted by Crippen LogP contribution is 2.48. The normalized spacial score (nSPS) is 22.9. The van der Waals surface area contributed by atoms with Gasteiger partial charge in [-0.05, 0) is 23.0 Å². The predicted octanol–water partition coefficient (Wildman–Crippen LogP) is 4.89. The summed E-state index contributed by atoms with van der Waals surface area (Å²) in [5, 5.41) is 3.30. The number of hydrogen-bond acceptors (Lipinski definition) is 4. The molecule has 2 aromatic carbocycles. The van der Waals surface area contributed by atoms with E-state index in [1.54, 1.807) is 0 Å². The summed E-state index contributed by atoms with van der Waals surface area (Å²) in [4.78, 5) is 26.4. The zero-order chi connectivity index (χ0) is 21.3. The number of benzene rings is 2. The number of allylic oxidation sites excluding steroid dienone is 2. The van der Waals surface area contributed by atoms with Gasteiger partial charge < -0.3 is 10.1 Å². The minimum absolute atomic E-state index is 0.0935. The van der Waals surface area contributed by atoms with Crippen LogP contribution in [0.15, 0.2) is 84.2 Å². The first-order valence-electron chi connectivity index (χ1n) is 10.3. The minimum Gasteiger partial charge on any atom is -0.460 e. The summed E-state index contributed by atoms with van der Waals surface area (Å²) in [6.07, 6.45) is 1.22. The fourth-order valence-corrected chi connectivity index (χ4v) is 4.56. The number of esters is 1. The number of carbonyl (C=O) groups excluding carboxylic acids is 2. The number of carbonyl (C=O) groups is 2. The molecule has 2 aliphatic rings. The van der Waals surface area contributed by atoms with Gasteiger partial charge in [-0.1, -0.05) is 81.1 Å². The van der Waals surface area contributed by atoms with Gasteiger partial charge in [0.2, 0.25) is 0 Å². The SMILES string of the molecule is C=C1NC2=C(C(=O)CC(C)(C)C2)C(c2ccccc2)C1C(=O)OCc1ccccc1. The Kier molecular flexibility index (Phi) is 5.33. The molecule has 0 aromatic heterocycles. The van der Waals surface area contributed by atoms with Gasteiger partial charge in [0, 0.05) is 29.3 Å². The monoisotopic (exact) mass is 401 g/mol. The summed E-state index contributed by atoms with van der Waals surface area (Å²) in [6, 6.07) is 19.3. The van der Waals surface area contributed by atoms with E-state index in [0.29, 0.717) is 17.7 Å². The van der Waals surface area contributed by atoms with Crippen LogP contribution < -0.4 is 5.32 Å². The lowest BCUT2D eigenvalue weighted by Gasteiger charge is -2.42. The van der Waals surface area contributed by atoms with Gasteiger partial charge in [0.15, 0.2) is 5.78 Å². The van der Waals surface area contributed by atoms with Crippen LogP contribution in [-0.4, -0.2) is 11.8 Å². The summed E-state index contributed by atoms with van der Waals surface area (Å²) in [6.45, 7) is 8.53. The molecule has 2 aromatic rings. The molecular weight excluding hydrogens is 374 g/mol. The molecule has 4 rings (SSSR count). The Bertz CT molecular complexity index is 1010. The van der Waals surface area contributed by atoms with Crippen molar-refractivity contribution < 1.29 is 14.3 Å². The molecule has 0 amide bonds. The number of Topliss-reactive ketones (excluding diaryl/α,β-unsaturated/α-hetero) is 1. The third-order valence-corrected chi connectivity index (χ3v) is 5.89. The fraction of sp³-hybridized carbons (Fsp3) is 0.308. The zero-order valence-electron chi connectivity index (χ0n) is 17.5. The number of ketones is 1. The van der Waals surface area contributed by atoms with Crippen LogP contribution in [0, 0.1) is 11.3 Å². The maximum absolute atomic E-state index is 13.2. The van der Waals surface area contributed by atoms with Crippen LogP contribution in [0.5, 0.6) is 0 Å². The molecule has 0 spiro atoms. The molecule has 0 saturated heterocycles. The molecule has 154 valence electrons. The van der Waals surface area contributed by atoms with Crippen molar-refractivity contribution in [3.8, 4) is 0 Å². The Hall–Kier alpha value is -3.14. The maximum atomic E-state index is 13.2. The van der Waals surface area contributed by atoms with Gasteiger partial charge >= 0.3 is 5.97 Å². The molecule has 1 aliphatic heterocycles. The van der Waals surface area contributed by atoms with Crippen molar-refractivity contribution in [1.29, 1.82) is 0 Å². The topological polar surface area (TPSA) is 55.4 Å². The van der Waals surface area contributed by atoms with Crippen molar-refractivity contribution in [2.24, 2.45) is 11.3 Å². The lowest BCUT2D eigenvalue weighted by molar-refractivity contribution is -0.149. The summed E-state index contributed by atoms with van der Waals surface area (Å²) >= 11 is 0. The first kappa shape index (κ1) is 20.1. The molecule has 1 N–H and O–H groups in total. The highest BCUT2D eigenvalue weighted by Gasteiger charge is 2.46. The van der Waals surface area contributed by atoms with E-state index in [1.165, 1.54) is 0 Å². The second kappa shape index (κ2) is 7.94. The molecule has 2 atom stereocenters. The van der Waals surface area contributed by atoms with Gasteiger partial charge in [0.05, 0.1) is 0 Å². The third-order valence-electron chi connectivity index (χ3n) is 5.89. The minimum atomic E-state index is -0.653. The van der Waals surface area contributed by atoms with Crippen molar-refractivity contribution in [2.45, 2.75) is 39.2 Å².